The molecule has 72 valence electrons. The van der Waals surface area contributed by atoms with Gasteiger partial charge in [-0.3, -0.25) is 0 Å². The summed E-state index contributed by atoms with van der Waals surface area (Å²) in [6.07, 6.45) is 0. The average molecular weight is 299 g/mol. The first-order valence-electron chi connectivity index (χ1n) is 4.31. The highest BCUT2D eigenvalue weighted by Gasteiger charge is 2.09. The third-order valence-electron chi connectivity index (χ3n) is 2.21. The second-order valence-electron chi connectivity index (χ2n) is 3.11. The number of rotatable bonds is 1. The lowest BCUT2D eigenvalue weighted by Gasteiger charge is -2.03. The summed E-state index contributed by atoms with van der Waals surface area (Å²) in [4.78, 5) is 0. The van der Waals surface area contributed by atoms with Crippen LogP contribution in [0, 0.1) is 10.5 Å². The lowest BCUT2D eigenvalue weighted by atomic mass is 10.2. The maximum absolute atomic E-state index is 4.15. The van der Waals surface area contributed by atoms with Crippen molar-refractivity contribution in [2.45, 2.75) is 6.92 Å². The highest BCUT2D eigenvalue weighted by atomic mass is 127. The standard InChI is InChI=1S/C10H10IN3/c1-7-12-13-10(14(7)2)8-5-3-4-6-9(8)11/h3-6H,1-2H3. The van der Waals surface area contributed by atoms with Crippen molar-refractivity contribution in [2.24, 2.45) is 7.05 Å². The van der Waals surface area contributed by atoms with Crippen LogP contribution < -0.4 is 0 Å². The van der Waals surface area contributed by atoms with E-state index in [2.05, 4.69) is 44.9 Å². The molecule has 0 N–H and O–H groups in total. The van der Waals surface area contributed by atoms with E-state index in [1.165, 1.54) is 3.57 Å². The fourth-order valence-corrected chi connectivity index (χ4v) is 1.91. The van der Waals surface area contributed by atoms with Crippen LogP contribution in [0.3, 0.4) is 0 Å². The minimum atomic E-state index is 0.924. The Balaban J connectivity index is 2.60. The topological polar surface area (TPSA) is 30.7 Å². The van der Waals surface area contributed by atoms with Crippen LogP contribution in [-0.2, 0) is 7.05 Å². The predicted octanol–water partition coefficient (Wildman–Crippen LogP) is 2.40. The van der Waals surface area contributed by atoms with Crippen molar-refractivity contribution in [3.05, 3.63) is 33.7 Å². The molecular weight excluding hydrogens is 289 g/mol. The van der Waals surface area contributed by atoms with Gasteiger partial charge in [-0.2, -0.15) is 0 Å². The van der Waals surface area contributed by atoms with Crippen LogP contribution in [0.25, 0.3) is 11.4 Å². The van der Waals surface area contributed by atoms with Gasteiger partial charge < -0.3 is 4.57 Å². The van der Waals surface area contributed by atoms with Crippen molar-refractivity contribution in [2.75, 3.05) is 0 Å². The van der Waals surface area contributed by atoms with Gasteiger partial charge in [0.05, 0.1) is 0 Å². The third-order valence-corrected chi connectivity index (χ3v) is 3.15. The lowest BCUT2D eigenvalue weighted by Crippen LogP contribution is -1.96. The molecule has 2 rings (SSSR count). The summed E-state index contributed by atoms with van der Waals surface area (Å²) in [5.41, 5.74) is 1.14. The van der Waals surface area contributed by atoms with E-state index in [1.807, 2.05) is 30.7 Å². The molecule has 0 aliphatic rings. The van der Waals surface area contributed by atoms with Crippen molar-refractivity contribution >= 4 is 22.6 Å². The van der Waals surface area contributed by atoms with E-state index in [9.17, 15) is 0 Å². The van der Waals surface area contributed by atoms with Gasteiger partial charge in [0, 0.05) is 16.2 Å². The van der Waals surface area contributed by atoms with Gasteiger partial charge in [-0.15, -0.1) is 10.2 Å². The minimum absolute atomic E-state index is 0.924. The first kappa shape index (κ1) is 9.64. The third kappa shape index (κ3) is 1.54. The van der Waals surface area contributed by atoms with Crippen molar-refractivity contribution < 1.29 is 0 Å². The van der Waals surface area contributed by atoms with E-state index in [-0.39, 0.29) is 0 Å². The van der Waals surface area contributed by atoms with Gasteiger partial charge in [0.25, 0.3) is 0 Å². The molecule has 0 atom stereocenters. The highest BCUT2D eigenvalue weighted by molar-refractivity contribution is 14.1. The molecule has 2 aromatic rings. The molecule has 0 saturated carbocycles. The van der Waals surface area contributed by atoms with Crippen molar-refractivity contribution in [1.29, 1.82) is 0 Å². The SMILES string of the molecule is Cc1nnc(-c2ccccc2I)n1C. The lowest BCUT2D eigenvalue weighted by molar-refractivity contribution is 0.864. The number of hydrogen-bond donors (Lipinski definition) is 0. The molecule has 0 aliphatic heterocycles. The average Bonchev–Trinajstić information content (AvgIpc) is 2.49. The zero-order chi connectivity index (χ0) is 10.1. The molecule has 0 spiro atoms. The second kappa shape index (κ2) is 3.68. The Morgan fingerprint density at radius 2 is 1.93 bits per heavy atom. The molecule has 0 amide bonds. The Hall–Kier alpha value is -0.910. The first-order valence-corrected chi connectivity index (χ1v) is 5.39. The van der Waals surface area contributed by atoms with Crippen molar-refractivity contribution in [3.63, 3.8) is 0 Å². The van der Waals surface area contributed by atoms with Crippen LogP contribution in [0.15, 0.2) is 24.3 Å². The molecule has 1 aromatic heterocycles. The van der Waals surface area contributed by atoms with E-state index >= 15 is 0 Å². The summed E-state index contributed by atoms with van der Waals surface area (Å²) in [5.74, 6) is 1.85. The van der Waals surface area contributed by atoms with E-state index in [1.54, 1.807) is 0 Å². The number of hydrogen-bond acceptors (Lipinski definition) is 2. The van der Waals surface area contributed by atoms with Gasteiger partial charge in [-0.25, -0.2) is 0 Å². The molecular formula is C10H10IN3. The maximum atomic E-state index is 4.15. The summed E-state index contributed by atoms with van der Waals surface area (Å²) in [6.45, 7) is 1.95. The molecule has 0 bridgehead atoms. The molecule has 3 nitrogen and oxygen atoms in total. The minimum Gasteiger partial charge on any atom is -0.314 e. The zero-order valence-corrected chi connectivity index (χ0v) is 10.2. The van der Waals surface area contributed by atoms with Gasteiger partial charge in [0.15, 0.2) is 5.82 Å². The summed E-state index contributed by atoms with van der Waals surface area (Å²) >= 11 is 2.31. The fraction of sp³-hybridized carbons (Fsp3) is 0.200. The van der Waals surface area contributed by atoms with Gasteiger partial charge in [0.1, 0.15) is 5.82 Å². The van der Waals surface area contributed by atoms with Crippen LogP contribution in [-0.4, -0.2) is 14.8 Å². The Morgan fingerprint density at radius 1 is 1.21 bits per heavy atom. The molecule has 0 fully saturated rings. The highest BCUT2D eigenvalue weighted by Crippen LogP contribution is 2.22. The van der Waals surface area contributed by atoms with E-state index in [0.717, 1.165) is 17.2 Å². The zero-order valence-electron chi connectivity index (χ0n) is 8.03. The molecule has 14 heavy (non-hydrogen) atoms. The van der Waals surface area contributed by atoms with E-state index in [0.29, 0.717) is 0 Å². The molecule has 1 heterocycles. The number of nitrogens with zero attached hydrogens (tertiary/aromatic N) is 3. The molecule has 1 aromatic carbocycles. The fourth-order valence-electron chi connectivity index (χ4n) is 1.28. The number of aryl methyl sites for hydroxylation is 1. The van der Waals surface area contributed by atoms with Gasteiger partial charge in [-0.05, 0) is 35.6 Å². The van der Waals surface area contributed by atoms with Crippen LogP contribution >= 0.6 is 22.6 Å². The van der Waals surface area contributed by atoms with E-state index < -0.39 is 0 Å². The molecule has 0 aliphatic carbocycles. The van der Waals surface area contributed by atoms with Crippen molar-refractivity contribution in [1.82, 2.24) is 14.8 Å². The molecule has 0 unspecified atom stereocenters. The van der Waals surface area contributed by atoms with Crippen molar-refractivity contribution in [3.8, 4) is 11.4 Å². The summed E-state index contributed by atoms with van der Waals surface area (Å²) in [5, 5.41) is 8.20. The normalized spacial score (nSPS) is 10.5. The Bertz CT molecular complexity index is 462. The molecule has 0 saturated heterocycles. The van der Waals surface area contributed by atoms with Crippen LogP contribution in [0.4, 0.5) is 0 Å². The summed E-state index contributed by atoms with van der Waals surface area (Å²) in [7, 11) is 1.98. The quantitative estimate of drug-likeness (QED) is 0.757. The molecule has 4 heteroatoms. The predicted molar refractivity (Wildman–Crippen MR) is 63.9 cm³/mol. The summed E-state index contributed by atoms with van der Waals surface area (Å²) in [6, 6.07) is 8.17. The number of aromatic nitrogens is 3. The van der Waals surface area contributed by atoms with Crippen LogP contribution in [0.1, 0.15) is 5.82 Å². The van der Waals surface area contributed by atoms with Gasteiger partial charge >= 0.3 is 0 Å². The Morgan fingerprint density at radius 3 is 2.50 bits per heavy atom. The monoisotopic (exact) mass is 299 g/mol. The van der Waals surface area contributed by atoms with Crippen LogP contribution in [0.5, 0.6) is 0 Å². The Labute approximate surface area is 96.3 Å². The Kier molecular flexibility index (Phi) is 2.54. The maximum Gasteiger partial charge on any atom is 0.164 e. The largest absolute Gasteiger partial charge is 0.314 e. The van der Waals surface area contributed by atoms with E-state index in [4.69, 9.17) is 0 Å². The summed E-state index contributed by atoms with van der Waals surface area (Å²) < 4.78 is 3.19. The van der Waals surface area contributed by atoms with Gasteiger partial charge in [-0.1, -0.05) is 18.2 Å². The molecule has 0 radical (unpaired) electrons. The number of halogens is 1. The first-order chi connectivity index (χ1) is 6.70. The number of benzene rings is 1. The van der Waals surface area contributed by atoms with Crippen LogP contribution in [0.2, 0.25) is 0 Å². The van der Waals surface area contributed by atoms with Gasteiger partial charge in [0.2, 0.25) is 0 Å². The smallest absolute Gasteiger partial charge is 0.164 e. The second-order valence-corrected chi connectivity index (χ2v) is 4.27.